The number of pyridine rings is 1. The van der Waals surface area contributed by atoms with Gasteiger partial charge in [0.15, 0.2) is 11.5 Å². The largest absolute Gasteiger partial charge is 0.324 e. The van der Waals surface area contributed by atoms with Gasteiger partial charge in [0.05, 0.1) is 25.0 Å². The molecule has 0 amide bonds. The molecule has 1 N–H and O–H groups in total. The van der Waals surface area contributed by atoms with Crippen molar-refractivity contribution >= 4 is 32.7 Å². The van der Waals surface area contributed by atoms with Crippen LogP contribution in [0.5, 0.6) is 0 Å². The summed E-state index contributed by atoms with van der Waals surface area (Å²) in [5.74, 6) is 0.777. The summed E-state index contributed by atoms with van der Waals surface area (Å²) in [6, 6.07) is 11.5. The molecule has 198 valence electrons. The number of nitrogens with zero attached hydrogens (tertiary/aromatic N) is 7. The SMILES string of the molecule is C=CCn1c(=O)c2cnc(Nc3ccc4c(c3)CN(C)CC4)nc2n1-c1cccc(CN(C)S(C)(=O)=O)n1. The molecular formula is C26H30N8O3S. The molecule has 38 heavy (non-hydrogen) atoms. The lowest BCUT2D eigenvalue weighted by Crippen LogP contribution is -2.26. The fourth-order valence-electron chi connectivity index (χ4n) is 4.53. The standard InChI is InChI=1S/C26H30N8O3S/c1-5-12-33-25(35)22-15-27-26(29-20-10-9-18-11-13-31(2)16-19(18)14-20)30-24(22)34(33)23-8-6-7-21(28-23)17-32(3)38(4,36)37/h5-10,14-15H,1,11-13,16-17H2,2-4H3,(H,27,29,30). The summed E-state index contributed by atoms with van der Waals surface area (Å²) in [4.78, 5) is 29.3. The number of anilines is 2. The van der Waals surface area contributed by atoms with E-state index in [1.165, 1.54) is 33.4 Å². The molecule has 5 rings (SSSR count). The van der Waals surface area contributed by atoms with Crippen LogP contribution >= 0.6 is 0 Å². The molecule has 11 nitrogen and oxygen atoms in total. The second-order valence-electron chi connectivity index (χ2n) is 9.52. The summed E-state index contributed by atoms with van der Waals surface area (Å²) in [6.45, 7) is 6.02. The molecule has 0 saturated carbocycles. The van der Waals surface area contributed by atoms with Crippen LogP contribution in [-0.2, 0) is 36.1 Å². The lowest BCUT2D eigenvalue weighted by atomic mass is 9.99. The third-order valence-corrected chi connectivity index (χ3v) is 7.86. The molecule has 1 aliphatic heterocycles. The van der Waals surface area contributed by atoms with Crippen LogP contribution in [0.25, 0.3) is 16.9 Å². The topological polar surface area (TPSA) is 118 Å². The molecule has 0 bridgehead atoms. The minimum atomic E-state index is -3.38. The van der Waals surface area contributed by atoms with Crippen LogP contribution in [0, 0.1) is 0 Å². The first-order valence-electron chi connectivity index (χ1n) is 12.2. The molecule has 3 aromatic heterocycles. The summed E-state index contributed by atoms with van der Waals surface area (Å²) >= 11 is 0. The van der Waals surface area contributed by atoms with Crippen LogP contribution in [-0.4, -0.2) is 68.8 Å². The molecule has 12 heteroatoms. The normalized spacial score (nSPS) is 14.1. The Morgan fingerprint density at radius 3 is 2.76 bits per heavy atom. The average Bonchev–Trinajstić information content (AvgIpc) is 3.14. The van der Waals surface area contributed by atoms with Crippen molar-refractivity contribution in [2.75, 3.05) is 32.2 Å². The molecule has 0 aliphatic carbocycles. The van der Waals surface area contributed by atoms with E-state index in [2.05, 4.69) is 45.9 Å². The zero-order chi connectivity index (χ0) is 27.0. The lowest BCUT2D eigenvalue weighted by molar-refractivity contribution is 0.313. The summed E-state index contributed by atoms with van der Waals surface area (Å²) < 4.78 is 28.1. The summed E-state index contributed by atoms with van der Waals surface area (Å²) in [5.41, 5.74) is 4.10. The Balaban J connectivity index is 1.56. The number of hydrogen-bond acceptors (Lipinski definition) is 8. The maximum absolute atomic E-state index is 13.2. The third-order valence-electron chi connectivity index (χ3n) is 6.60. The summed E-state index contributed by atoms with van der Waals surface area (Å²) in [5, 5.41) is 3.61. The van der Waals surface area contributed by atoms with Crippen molar-refractivity contribution in [3.63, 3.8) is 0 Å². The van der Waals surface area contributed by atoms with Crippen LogP contribution in [0.1, 0.15) is 16.8 Å². The van der Waals surface area contributed by atoms with Crippen molar-refractivity contribution in [1.82, 2.24) is 33.5 Å². The van der Waals surface area contributed by atoms with Gasteiger partial charge in [0.2, 0.25) is 16.0 Å². The third kappa shape index (κ3) is 5.10. The van der Waals surface area contributed by atoms with Crippen molar-refractivity contribution in [3.05, 3.63) is 82.4 Å². The number of aromatic nitrogens is 5. The van der Waals surface area contributed by atoms with Crippen LogP contribution in [0.4, 0.5) is 11.6 Å². The van der Waals surface area contributed by atoms with E-state index in [0.717, 1.165) is 31.5 Å². The molecule has 1 aromatic carbocycles. The highest BCUT2D eigenvalue weighted by Crippen LogP contribution is 2.24. The van der Waals surface area contributed by atoms with Gasteiger partial charge in [-0.2, -0.15) is 9.29 Å². The number of fused-ring (bicyclic) bond motifs is 2. The maximum Gasteiger partial charge on any atom is 0.278 e. The first kappa shape index (κ1) is 25.8. The first-order valence-corrected chi connectivity index (χ1v) is 14.0. The second-order valence-corrected chi connectivity index (χ2v) is 11.6. The molecule has 4 aromatic rings. The average molecular weight is 535 g/mol. The molecule has 0 fully saturated rings. The first-order chi connectivity index (χ1) is 18.1. The number of likely N-dealkylation sites (N-methyl/N-ethyl adjacent to an activating group) is 1. The van der Waals surface area contributed by atoms with Gasteiger partial charge in [0, 0.05) is 32.0 Å². The molecule has 0 atom stereocenters. The predicted octanol–water partition coefficient (Wildman–Crippen LogP) is 2.29. The lowest BCUT2D eigenvalue weighted by Gasteiger charge is -2.25. The van der Waals surface area contributed by atoms with E-state index < -0.39 is 10.0 Å². The number of sulfonamides is 1. The van der Waals surface area contributed by atoms with Gasteiger partial charge in [-0.15, -0.1) is 6.58 Å². The number of allylic oxidation sites excluding steroid dienone is 1. The number of hydrogen-bond donors (Lipinski definition) is 1. The molecule has 1 aliphatic rings. The molecule has 0 unspecified atom stereocenters. The predicted molar refractivity (Wildman–Crippen MR) is 147 cm³/mol. The van der Waals surface area contributed by atoms with Gasteiger partial charge in [0.25, 0.3) is 5.56 Å². The van der Waals surface area contributed by atoms with Crippen molar-refractivity contribution in [3.8, 4) is 5.82 Å². The quantitative estimate of drug-likeness (QED) is 0.342. The van der Waals surface area contributed by atoms with Crippen molar-refractivity contribution in [1.29, 1.82) is 0 Å². The smallest absolute Gasteiger partial charge is 0.278 e. The van der Waals surface area contributed by atoms with Crippen LogP contribution < -0.4 is 10.9 Å². The van der Waals surface area contributed by atoms with Crippen LogP contribution in [0.3, 0.4) is 0 Å². The maximum atomic E-state index is 13.2. The molecule has 0 spiro atoms. The fourth-order valence-corrected chi connectivity index (χ4v) is 4.90. The zero-order valence-corrected chi connectivity index (χ0v) is 22.4. The van der Waals surface area contributed by atoms with Gasteiger partial charge < -0.3 is 10.2 Å². The van der Waals surface area contributed by atoms with Gasteiger partial charge in [-0.25, -0.2) is 27.7 Å². The highest BCUT2D eigenvalue weighted by atomic mass is 32.2. The van der Waals surface area contributed by atoms with Gasteiger partial charge in [-0.05, 0) is 48.9 Å². The van der Waals surface area contributed by atoms with Gasteiger partial charge in [-0.3, -0.25) is 4.79 Å². The highest BCUT2D eigenvalue weighted by Gasteiger charge is 2.20. The van der Waals surface area contributed by atoms with Crippen molar-refractivity contribution in [2.45, 2.75) is 26.1 Å². The molecule has 4 heterocycles. The Morgan fingerprint density at radius 1 is 1.18 bits per heavy atom. The minimum absolute atomic E-state index is 0.0902. The molecule has 0 radical (unpaired) electrons. The van der Waals surface area contributed by atoms with E-state index in [9.17, 15) is 13.2 Å². The van der Waals surface area contributed by atoms with E-state index in [1.807, 2.05) is 6.07 Å². The minimum Gasteiger partial charge on any atom is -0.324 e. The van der Waals surface area contributed by atoms with Crippen molar-refractivity contribution in [2.24, 2.45) is 0 Å². The molecule has 0 saturated heterocycles. The fraction of sp³-hybridized carbons (Fsp3) is 0.308. The number of benzene rings is 1. The highest BCUT2D eigenvalue weighted by molar-refractivity contribution is 7.88. The number of rotatable bonds is 8. The van der Waals surface area contributed by atoms with Gasteiger partial charge >= 0.3 is 0 Å². The van der Waals surface area contributed by atoms with Crippen LogP contribution in [0.2, 0.25) is 0 Å². The Labute approximate surface area is 221 Å². The zero-order valence-electron chi connectivity index (χ0n) is 21.6. The van der Waals surface area contributed by atoms with E-state index in [-0.39, 0.29) is 18.6 Å². The Bertz CT molecular complexity index is 1690. The summed E-state index contributed by atoms with van der Waals surface area (Å²) in [7, 11) is 0.215. The molecular weight excluding hydrogens is 504 g/mol. The summed E-state index contributed by atoms with van der Waals surface area (Å²) in [6.07, 6.45) is 5.29. The van der Waals surface area contributed by atoms with Gasteiger partial charge in [0.1, 0.15) is 5.39 Å². The second kappa shape index (κ2) is 10.1. The Hall–Kier alpha value is -3.87. The number of nitrogens with one attached hydrogen (secondary N) is 1. The van der Waals surface area contributed by atoms with Gasteiger partial charge in [-0.1, -0.05) is 18.2 Å². The van der Waals surface area contributed by atoms with E-state index in [1.54, 1.807) is 29.0 Å². The van der Waals surface area contributed by atoms with Crippen LogP contribution in [0.15, 0.2) is 60.0 Å². The Kier molecular flexibility index (Phi) is 6.86. The van der Waals surface area contributed by atoms with E-state index in [0.29, 0.717) is 28.5 Å². The van der Waals surface area contributed by atoms with E-state index in [4.69, 9.17) is 4.98 Å². The van der Waals surface area contributed by atoms with E-state index >= 15 is 0 Å². The Morgan fingerprint density at radius 2 is 2.00 bits per heavy atom. The monoisotopic (exact) mass is 534 g/mol. The van der Waals surface area contributed by atoms with Crippen molar-refractivity contribution < 1.29 is 8.42 Å².